The van der Waals surface area contributed by atoms with Crippen molar-refractivity contribution in [3.63, 3.8) is 0 Å². The molecule has 4 fully saturated rings. The molecule has 0 N–H and O–H groups in total. The first kappa shape index (κ1) is 28.4. The van der Waals surface area contributed by atoms with Crippen LogP contribution in [0.3, 0.4) is 0 Å². The predicted octanol–water partition coefficient (Wildman–Crippen LogP) is 10.8. The van der Waals surface area contributed by atoms with Crippen LogP contribution >= 0.6 is 0 Å². The van der Waals surface area contributed by atoms with Crippen molar-refractivity contribution in [3.8, 4) is 51.4 Å². The van der Waals surface area contributed by atoms with Gasteiger partial charge in [0.25, 0.3) is 0 Å². The van der Waals surface area contributed by atoms with Crippen LogP contribution in [0, 0.1) is 29.1 Å². The highest BCUT2D eigenvalue weighted by atomic mass is 16.3. The van der Waals surface area contributed by atoms with E-state index < -0.39 is 0 Å². The number of para-hydroxylation sites is 1. The van der Waals surface area contributed by atoms with Crippen LogP contribution in [0.4, 0.5) is 0 Å². The van der Waals surface area contributed by atoms with Crippen molar-refractivity contribution in [2.45, 2.75) is 43.9 Å². The second kappa shape index (κ2) is 11.0. The van der Waals surface area contributed by atoms with E-state index in [1.807, 2.05) is 36.4 Å². The lowest BCUT2D eigenvalue weighted by molar-refractivity contribution is -0.00518. The first-order valence-electron chi connectivity index (χ1n) is 17.5. The van der Waals surface area contributed by atoms with Crippen LogP contribution in [0.1, 0.15) is 49.7 Å². The molecular formula is C44H34N4O. The molecular weight excluding hydrogens is 601 g/mol. The Morgan fingerprint density at radius 2 is 1.10 bits per heavy atom. The number of nitrogens with zero attached hydrogens (tertiary/aromatic N) is 4. The van der Waals surface area contributed by atoms with Gasteiger partial charge in [0.15, 0.2) is 23.1 Å². The lowest BCUT2D eigenvalue weighted by Crippen LogP contribution is -2.48. The van der Waals surface area contributed by atoms with E-state index in [2.05, 4.69) is 78.9 Å². The zero-order valence-corrected chi connectivity index (χ0v) is 27.1. The number of aromatic nitrogens is 3. The zero-order chi connectivity index (χ0) is 32.5. The summed E-state index contributed by atoms with van der Waals surface area (Å²) >= 11 is 0. The molecule has 49 heavy (non-hydrogen) atoms. The van der Waals surface area contributed by atoms with Crippen molar-refractivity contribution in [3.05, 3.63) is 126 Å². The highest BCUT2D eigenvalue weighted by Gasteiger charge is 2.51. The molecule has 4 aliphatic carbocycles. The molecule has 0 radical (unpaired) electrons. The quantitative estimate of drug-likeness (QED) is 0.188. The van der Waals surface area contributed by atoms with E-state index in [0.717, 1.165) is 61.9 Å². The summed E-state index contributed by atoms with van der Waals surface area (Å²) in [6.45, 7) is 0. The van der Waals surface area contributed by atoms with Gasteiger partial charge in [-0.05, 0) is 96.6 Å². The summed E-state index contributed by atoms with van der Waals surface area (Å²) < 4.78 is 6.05. The van der Waals surface area contributed by atoms with E-state index in [-0.39, 0.29) is 0 Å². The Kier molecular flexibility index (Phi) is 6.36. The normalized spacial score (nSPS) is 22.5. The molecule has 0 aliphatic heterocycles. The van der Waals surface area contributed by atoms with Crippen molar-refractivity contribution in [1.29, 1.82) is 5.26 Å². The zero-order valence-electron chi connectivity index (χ0n) is 27.1. The highest BCUT2D eigenvalue weighted by molar-refractivity contribution is 6.07. The van der Waals surface area contributed by atoms with Crippen molar-refractivity contribution in [1.82, 2.24) is 15.0 Å². The fourth-order valence-electron chi connectivity index (χ4n) is 9.67. The maximum atomic E-state index is 9.55. The van der Waals surface area contributed by atoms with Crippen molar-refractivity contribution in [2.75, 3.05) is 0 Å². The van der Waals surface area contributed by atoms with Gasteiger partial charge in [0.2, 0.25) is 0 Å². The van der Waals surface area contributed by atoms with Crippen LogP contribution in [-0.4, -0.2) is 15.0 Å². The van der Waals surface area contributed by atoms with Crippen LogP contribution in [0.5, 0.6) is 0 Å². The second-order valence-corrected chi connectivity index (χ2v) is 14.6. The number of furan rings is 1. The number of fused-ring (bicyclic) bond motifs is 3. The number of rotatable bonds is 5. The maximum absolute atomic E-state index is 9.55. The third kappa shape index (κ3) is 4.77. The molecule has 0 amide bonds. The molecule has 0 unspecified atom stereocenters. The summed E-state index contributed by atoms with van der Waals surface area (Å²) in [7, 11) is 0. The van der Waals surface area contributed by atoms with Crippen LogP contribution in [0.25, 0.3) is 67.2 Å². The minimum atomic E-state index is 0.364. The van der Waals surface area contributed by atoms with Gasteiger partial charge in [-0.1, -0.05) is 97.1 Å². The third-order valence-electron chi connectivity index (χ3n) is 11.6. The van der Waals surface area contributed by atoms with E-state index in [4.69, 9.17) is 19.4 Å². The van der Waals surface area contributed by atoms with Gasteiger partial charge in [-0.15, -0.1) is 0 Å². The summed E-state index contributed by atoms with van der Waals surface area (Å²) in [5.74, 6) is 4.78. The molecule has 236 valence electrons. The molecule has 0 atom stereocenters. The smallest absolute Gasteiger partial charge is 0.164 e. The van der Waals surface area contributed by atoms with Gasteiger partial charge >= 0.3 is 0 Å². The predicted molar refractivity (Wildman–Crippen MR) is 193 cm³/mol. The summed E-state index contributed by atoms with van der Waals surface area (Å²) in [5, 5.41) is 11.5. The van der Waals surface area contributed by atoms with Crippen LogP contribution in [0.15, 0.2) is 120 Å². The first-order valence-corrected chi connectivity index (χ1v) is 17.5. The van der Waals surface area contributed by atoms with Crippen molar-refractivity contribution in [2.24, 2.45) is 17.8 Å². The van der Waals surface area contributed by atoms with Gasteiger partial charge in [0.05, 0.1) is 5.56 Å². The summed E-state index contributed by atoms with van der Waals surface area (Å²) in [6.07, 6.45) is 8.44. The SMILES string of the molecule is N#Cc1cccc2c1oc1ccc(-c3ccc(-c4nc(-c5ccccc5)nc(-c5ccc(C67CC8C[C@H](C6)C[C@@H](C8)C7)cc5)n4)cc3)cc12. The first-order chi connectivity index (χ1) is 24.1. The molecule has 5 aromatic carbocycles. The van der Waals surface area contributed by atoms with Crippen LogP contribution in [-0.2, 0) is 5.41 Å². The molecule has 4 aliphatic rings. The number of hydrogen-bond donors (Lipinski definition) is 0. The van der Waals surface area contributed by atoms with Crippen LogP contribution in [0.2, 0.25) is 0 Å². The minimum absolute atomic E-state index is 0.364. The molecule has 11 rings (SSSR count). The fraction of sp³-hybridized carbons (Fsp3) is 0.227. The Hall–Kier alpha value is -5.60. The molecule has 2 heterocycles. The van der Waals surface area contributed by atoms with Crippen molar-refractivity contribution >= 4 is 21.9 Å². The Morgan fingerprint density at radius 1 is 0.551 bits per heavy atom. The van der Waals surface area contributed by atoms with E-state index in [0.29, 0.717) is 34.0 Å². The lowest BCUT2D eigenvalue weighted by Gasteiger charge is -2.57. The molecule has 0 saturated heterocycles. The van der Waals surface area contributed by atoms with E-state index in [9.17, 15) is 5.26 Å². The van der Waals surface area contributed by atoms with E-state index >= 15 is 0 Å². The summed E-state index contributed by atoms with van der Waals surface area (Å²) in [4.78, 5) is 15.0. The lowest BCUT2D eigenvalue weighted by atomic mass is 9.48. The topological polar surface area (TPSA) is 75.6 Å². The number of hydrogen-bond acceptors (Lipinski definition) is 5. The third-order valence-corrected chi connectivity index (χ3v) is 11.6. The second-order valence-electron chi connectivity index (χ2n) is 14.6. The van der Waals surface area contributed by atoms with E-state index in [1.54, 1.807) is 6.07 Å². The Morgan fingerprint density at radius 3 is 1.71 bits per heavy atom. The molecule has 7 aromatic rings. The number of benzene rings is 5. The fourth-order valence-corrected chi connectivity index (χ4v) is 9.67. The Labute approximate surface area is 285 Å². The molecule has 5 heteroatoms. The summed E-state index contributed by atoms with van der Waals surface area (Å²) in [6, 6.07) is 41.9. The van der Waals surface area contributed by atoms with Gasteiger partial charge in [0, 0.05) is 27.5 Å². The molecule has 4 bridgehead atoms. The average molecular weight is 635 g/mol. The van der Waals surface area contributed by atoms with Crippen molar-refractivity contribution < 1.29 is 4.42 Å². The molecule has 0 spiro atoms. The van der Waals surface area contributed by atoms with Crippen LogP contribution < -0.4 is 0 Å². The summed E-state index contributed by atoms with van der Waals surface area (Å²) in [5.41, 5.74) is 8.90. The largest absolute Gasteiger partial charge is 0.455 e. The van der Waals surface area contributed by atoms with Gasteiger partial charge in [0.1, 0.15) is 11.7 Å². The number of nitriles is 1. The van der Waals surface area contributed by atoms with Gasteiger partial charge in [-0.25, -0.2) is 15.0 Å². The Balaban J connectivity index is 1.00. The van der Waals surface area contributed by atoms with Gasteiger partial charge in [-0.3, -0.25) is 0 Å². The monoisotopic (exact) mass is 634 g/mol. The standard InChI is InChI=1S/C44H34N4O/c45-26-35-7-4-8-37-38-22-34(15-18-39(38)49-40(35)37)30-9-11-32(12-10-30)42-46-41(31-5-2-1-3-6-31)47-43(48-42)33-13-16-36(17-14-33)44-23-27-19-28(24-44)21-29(20-27)25-44/h1-18,22,27-29H,19-21,23-25H2/t27-,28+,29?,44?. The van der Waals surface area contributed by atoms with Gasteiger partial charge in [-0.2, -0.15) is 5.26 Å². The maximum Gasteiger partial charge on any atom is 0.164 e. The molecule has 4 saturated carbocycles. The minimum Gasteiger partial charge on any atom is -0.455 e. The Bertz CT molecular complexity index is 2380. The van der Waals surface area contributed by atoms with E-state index in [1.165, 1.54) is 44.1 Å². The average Bonchev–Trinajstić information content (AvgIpc) is 3.53. The molecule has 2 aromatic heterocycles. The highest BCUT2D eigenvalue weighted by Crippen LogP contribution is 2.60. The van der Waals surface area contributed by atoms with Gasteiger partial charge < -0.3 is 4.42 Å². The molecule has 5 nitrogen and oxygen atoms in total.